The van der Waals surface area contributed by atoms with E-state index < -0.39 is 28.8 Å². The van der Waals surface area contributed by atoms with Crippen LogP contribution in [0.5, 0.6) is 5.75 Å². The van der Waals surface area contributed by atoms with Gasteiger partial charge in [0.2, 0.25) is 0 Å². The minimum Gasteiger partial charge on any atom is -0.506 e. The summed E-state index contributed by atoms with van der Waals surface area (Å²) in [7, 11) is 0. The molecule has 1 rings (SSSR count). The molecular formula is C11H15BrClF2NO2. The summed E-state index contributed by atoms with van der Waals surface area (Å²) in [5.41, 5.74) is 4.55. The first kappa shape index (κ1) is 17.6. The maximum atomic E-state index is 13.6. The molecule has 3 nitrogen and oxygen atoms in total. The predicted octanol–water partition coefficient (Wildman–Crippen LogP) is 2.87. The highest BCUT2D eigenvalue weighted by molar-refractivity contribution is 9.10. The first-order valence-electron chi connectivity index (χ1n) is 4.95. The summed E-state index contributed by atoms with van der Waals surface area (Å²) in [5, 5.41) is 18.9. The zero-order valence-electron chi connectivity index (χ0n) is 9.88. The van der Waals surface area contributed by atoms with Crippen molar-refractivity contribution in [3.8, 4) is 5.75 Å². The second kappa shape index (κ2) is 6.14. The topological polar surface area (TPSA) is 66.5 Å². The largest absolute Gasteiger partial charge is 0.506 e. The van der Waals surface area contributed by atoms with Gasteiger partial charge in [-0.15, -0.1) is 12.4 Å². The second-order valence-corrected chi connectivity index (χ2v) is 5.40. The van der Waals surface area contributed by atoms with Crippen molar-refractivity contribution in [3.05, 3.63) is 27.7 Å². The molecule has 1 atom stereocenters. The van der Waals surface area contributed by atoms with Gasteiger partial charge < -0.3 is 15.9 Å². The third-order valence-electron chi connectivity index (χ3n) is 2.74. The van der Waals surface area contributed by atoms with Crippen LogP contribution in [-0.2, 0) is 0 Å². The van der Waals surface area contributed by atoms with Crippen LogP contribution in [0.1, 0.15) is 25.5 Å². The third-order valence-corrected chi connectivity index (χ3v) is 3.35. The molecule has 0 amide bonds. The average molecular weight is 347 g/mol. The fraction of sp³-hybridized carbons (Fsp3) is 0.455. The molecule has 0 aliphatic heterocycles. The van der Waals surface area contributed by atoms with E-state index in [9.17, 15) is 13.9 Å². The molecule has 0 radical (unpaired) electrons. The van der Waals surface area contributed by atoms with Crippen molar-refractivity contribution >= 4 is 28.3 Å². The number of aliphatic hydroxyl groups excluding tert-OH is 1. The average Bonchev–Trinajstić information content (AvgIpc) is 2.26. The van der Waals surface area contributed by atoms with Gasteiger partial charge in [-0.2, -0.15) is 0 Å². The Hall–Kier alpha value is -0.430. The molecule has 104 valence electrons. The van der Waals surface area contributed by atoms with Crippen LogP contribution in [-0.4, -0.2) is 16.8 Å². The zero-order valence-corrected chi connectivity index (χ0v) is 12.3. The van der Waals surface area contributed by atoms with Gasteiger partial charge in [-0.3, -0.25) is 0 Å². The number of nitrogens with two attached hydrogens (primary N) is 1. The zero-order chi connectivity index (χ0) is 13.4. The number of aliphatic hydroxyl groups is 1. The Morgan fingerprint density at radius 3 is 2.39 bits per heavy atom. The molecule has 4 N–H and O–H groups in total. The molecule has 0 aliphatic carbocycles. The molecule has 7 heteroatoms. The molecule has 0 bridgehead atoms. The van der Waals surface area contributed by atoms with Crippen molar-refractivity contribution in [3.63, 3.8) is 0 Å². The van der Waals surface area contributed by atoms with Crippen LogP contribution in [0, 0.1) is 17.0 Å². The molecule has 1 aromatic rings. The first-order valence-corrected chi connectivity index (χ1v) is 5.74. The smallest absolute Gasteiger partial charge is 0.167 e. The highest BCUT2D eigenvalue weighted by atomic mass is 79.9. The van der Waals surface area contributed by atoms with Crippen LogP contribution in [0.25, 0.3) is 0 Å². The lowest BCUT2D eigenvalue weighted by molar-refractivity contribution is 0.129. The third kappa shape index (κ3) is 3.12. The van der Waals surface area contributed by atoms with Gasteiger partial charge >= 0.3 is 0 Å². The molecule has 0 fully saturated rings. The molecular weight excluding hydrogens is 331 g/mol. The summed E-state index contributed by atoms with van der Waals surface area (Å²) in [6, 6.07) is -0.202. The van der Waals surface area contributed by atoms with Crippen LogP contribution in [0.15, 0.2) is 10.5 Å². The molecule has 0 saturated heterocycles. The quantitative estimate of drug-likeness (QED) is 0.737. The molecule has 0 spiro atoms. The Balaban J connectivity index is 0.00000289. The number of phenolic OH excluding ortho intramolecular Hbond substituents is 1. The Morgan fingerprint density at radius 2 is 1.94 bits per heavy atom. The maximum absolute atomic E-state index is 13.6. The fourth-order valence-corrected chi connectivity index (χ4v) is 1.79. The van der Waals surface area contributed by atoms with Gasteiger partial charge in [-0.25, -0.2) is 8.78 Å². The van der Waals surface area contributed by atoms with E-state index in [0.29, 0.717) is 0 Å². The van der Waals surface area contributed by atoms with E-state index >= 15 is 0 Å². The van der Waals surface area contributed by atoms with Gasteiger partial charge in [0.15, 0.2) is 11.6 Å². The minimum atomic E-state index is -1.19. The van der Waals surface area contributed by atoms with Gasteiger partial charge in [0.1, 0.15) is 5.75 Å². The molecule has 0 saturated carbocycles. The van der Waals surface area contributed by atoms with Gasteiger partial charge in [-0.1, -0.05) is 13.8 Å². The standard InChI is InChI=1S/C11H14BrF2NO2.ClH/c1-11(2,4-16)10(15)7-8(14)6(13)3-5(12)9(7)17;/h3,10,16-17H,4,15H2,1-2H3;1H/t10-;/m0./s1. The minimum absolute atomic E-state index is 0. The highest BCUT2D eigenvalue weighted by Crippen LogP contribution is 2.41. The van der Waals surface area contributed by atoms with Gasteiger partial charge in [-0.05, 0) is 22.0 Å². The van der Waals surface area contributed by atoms with E-state index in [1.54, 1.807) is 13.8 Å². The maximum Gasteiger partial charge on any atom is 0.167 e. The van der Waals surface area contributed by atoms with Crippen molar-refractivity contribution in [1.29, 1.82) is 0 Å². The number of benzene rings is 1. The predicted molar refractivity (Wildman–Crippen MR) is 70.8 cm³/mol. The van der Waals surface area contributed by atoms with Crippen LogP contribution in [0.3, 0.4) is 0 Å². The van der Waals surface area contributed by atoms with E-state index in [0.717, 1.165) is 6.07 Å². The van der Waals surface area contributed by atoms with Crippen molar-refractivity contribution in [2.45, 2.75) is 19.9 Å². The molecule has 0 unspecified atom stereocenters. The van der Waals surface area contributed by atoms with Gasteiger partial charge in [0.25, 0.3) is 0 Å². The monoisotopic (exact) mass is 345 g/mol. The Labute approximate surface area is 119 Å². The summed E-state index contributed by atoms with van der Waals surface area (Å²) in [6.45, 7) is 2.87. The van der Waals surface area contributed by atoms with Crippen LogP contribution in [0.4, 0.5) is 8.78 Å². The normalized spacial score (nSPS) is 13.1. The highest BCUT2D eigenvalue weighted by Gasteiger charge is 2.33. The molecule has 0 heterocycles. The number of rotatable bonds is 3. The number of aromatic hydroxyl groups is 1. The Bertz CT molecular complexity index is 417. The lowest BCUT2D eigenvalue weighted by Gasteiger charge is -2.30. The van der Waals surface area contributed by atoms with Crippen LogP contribution < -0.4 is 5.73 Å². The summed E-state index contributed by atoms with van der Waals surface area (Å²) in [6.07, 6.45) is 0. The van der Waals surface area contributed by atoms with E-state index in [1.807, 2.05) is 0 Å². The fourth-order valence-electron chi connectivity index (χ4n) is 1.38. The molecule has 0 aromatic heterocycles. The van der Waals surface area contributed by atoms with E-state index in [-0.39, 0.29) is 29.1 Å². The molecule has 18 heavy (non-hydrogen) atoms. The lowest BCUT2D eigenvalue weighted by Crippen LogP contribution is -2.33. The summed E-state index contributed by atoms with van der Waals surface area (Å²) in [4.78, 5) is 0. The van der Waals surface area contributed by atoms with Gasteiger partial charge in [0.05, 0.1) is 10.0 Å². The number of phenols is 1. The van der Waals surface area contributed by atoms with Crippen molar-refractivity contribution < 1.29 is 19.0 Å². The van der Waals surface area contributed by atoms with Crippen LogP contribution in [0.2, 0.25) is 0 Å². The molecule has 0 aliphatic rings. The van der Waals surface area contributed by atoms with E-state index in [1.165, 1.54) is 0 Å². The van der Waals surface area contributed by atoms with Crippen molar-refractivity contribution in [2.24, 2.45) is 11.1 Å². The van der Waals surface area contributed by atoms with Gasteiger partial charge in [0, 0.05) is 18.1 Å². The number of halogens is 4. The van der Waals surface area contributed by atoms with Crippen molar-refractivity contribution in [2.75, 3.05) is 6.61 Å². The summed E-state index contributed by atoms with van der Waals surface area (Å²) in [5.74, 6) is -2.74. The SMILES string of the molecule is CC(C)(CO)[C@@H](N)c1c(O)c(Br)cc(F)c1F.Cl. The summed E-state index contributed by atoms with van der Waals surface area (Å²) < 4.78 is 26.9. The van der Waals surface area contributed by atoms with E-state index in [2.05, 4.69) is 15.9 Å². The summed E-state index contributed by atoms with van der Waals surface area (Å²) >= 11 is 2.91. The molecule has 1 aromatic carbocycles. The Kier molecular flexibility index (Phi) is 6.00. The number of hydrogen-bond acceptors (Lipinski definition) is 3. The Morgan fingerprint density at radius 1 is 1.44 bits per heavy atom. The van der Waals surface area contributed by atoms with E-state index in [4.69, 9.17) is 10.8 Å². The number of hydrogen-bond donors (Lipinski definition) is 3. The second-order valence-electron chi connectivity index (χ2n) is 4.54. The first-order chi connectivity index (χ1) is 7.72. The van der Waals surface area contributed by atoms with Crippen molar-refractivity contribution in [1.82, 2.24) is 0 Å². The van der Waals surface area contributed by atoms with Crippen LogP contribution >= 0.6 is 28.3 Å². The lowest BCUT2D eigenvalue weighted by atomic mass is 9.81.